The van der Waals surface area contributed by atoms with E-state index in [0.29, 0.717) is 29.5 Å². The Bertz CT molecular complexity index is 609. The first kappa shape index (κ1) is 14.1. The Kier molecular flexibility index (Phi) is 4.79. The summed E-state index contributed by atoms with van der Waals surface area (Å²) in [5.74, 6) is -0.482. The van der Waals surface area contributed by atoms with Crippen molar-refractivity contribution in [3.63, 3.8) is 0 Å². The maximum atomic E-state index is 10.6. The van der Waals surface area contributed by atoms with Crippen molar-refractivity contribution in [2.24, 2.45) is 0 Å². The maximum Gasteiger partial charge on any atom is 0.328 e. The lowest BCUT2D eigenvalue weighted by Gasteiger charge is -2.10. The molecule has 0 aliphatic heterocycles. The van der Waals surface area contributed by atoms with E-state index in [0.717, 1.165) is 6.08 Å². The number of carboxylic acid groups (broad SMARTS) is 1. The maximum absolute atomic E-state index is 10.6. The number of benzene rings is 1. The first-order chi connectivity index (χ1) is 9.66. The van der Waals surface area contributed by atoms with E-state index in [2.05, 4.69) is 4.98 Å². The van der Waals surface area contributed by atoms with E-state index in [-0.39, 0.29) is 0 Å². The molecule has 0 unspecified atom stereocenters. The van der Waals surface area contributed by atoms with Gasteiger partial charge >= 0.3 is 5.97 Å². The van der Waals surface area contributed by atoms with Crippen LogP contribution in [0.2, 0.25) is 5.02 Å². The molecule has 0 saturated carbocycles. The van der Waals surface area contributed by atoms with Crippen LogP contribution < -0.4 is 4.74 Å². The minimum Gasteiger partial charge on any atom is -0.491 e. The third-order valence-corrected chi connectivity index (χ3v) is 2.90. The Labute approximate surface area is 121 Å². The van der Waals surface area contributed by atoms with Crippen molar-refractivity contribution in [1.82, 2.24) is 9.55 Å². The summed E-state index contributed by atoms with van der Waals surface area (Å²) in [4.78, 5) is 14.5. The van der Waals surface area contributed by atoms with Crippen molar-refractivity contribution in [3.8, 4) is 5.75 Å². The number of nitrogens with zero attached hydrogens (tertiary/aromatic N) is 2. The first-order valence-corrected chi connectivity index (χ1v) is 6.32. The normalized spacial score (nSPS) is 10.8. The molecule has 0 aliphatic carbocycles. The quantitative estimate of drug-likeness (QED) is 0.832. The van der Waals surface area contributed by atoms with Crippen molar-refractivity contribution >= 4 is 23.6 Å². The van der Waals surface area contributed by atoms with E-state index in [4.69, 9.17) is 21.4 Å². The van der Waals surface area contributed by atoms with Gasteiger partial charge in [-0.3, -0.25) is 0 Å². The van der Waals surface area contributed by atoms with Crippen molar-refractivity contribution < 1.29 is 14.6 Å². The molecule has 1 aromatic heterocycles. The fourth-order valence-electron chi connectivity index (χ4n) is 1.64. The zero-order chi connectivity index (χ0) is 14.4. The minimum absolute atomic E-state index is 0.435. The van der Waals surface area contributed by atoms with Gasteiger partial charge in [0.05, 0.1) is 17.9 Å². The molecule has 20 heavy (non-hydrogen) atoms. The average Bonchev–Trinajstić information content (AvgIpc) is 2.91. The molecule has 0 radical (unpaired) electrons. The second-order valence-corrected chi connectivity index (χ2v) is 4.38. The number of aliphatic carboxylic acids is 1. The molecule has 5 nitrogen and oxygen atoms in total. The van der Waals surface area contributed by atoms with Crippen LogP contribution in [0.3, 0.4) is 0 Å². The Morgan fingerprint density at radius 3 is 3.05 bits per heavy atom. The lowest BCUT2D eigenvalue weighted by atomic mass is 10.2. The number of aromatic nitrogens is 2. The van der Waals surface area contributed by atoms with Crippen LogP contribution in [0, 0.1) is 0 Å². The van der Waals surface area contributed by atoms with Gasteiger partial charge in [-0.25, -0.2) is 9.78 Å². The van der Waals surface area contributed by atoms with E-state index >= 15 is 0 Å². The number of ether oxygens (including phenoxy) is 1. The molecule has 0 saturated heterocycles. The van der Waals surface area contributed by atoms with Gasteiger partial charge in [0.2, 0.25) is 0 Å². The van der Waals surface area contributed by atoms with Crippen LogP contribution >= 0.6 is 11.6 Å². The minimum atomic E-state index is -1.03. The Morgan fingerprint density at radius 1 is 1.50 bits per heavy atom. The number of imidazole rings is 1. The van der Waals surface area contributed by atoms with Gasteiger partial charge in [-0.15, -0.1) is 0 Å². The fraction of sp³-hybridized carbons (Fsp3) is 0.143. The number of carbonyl (C=O) groups is 1. The lowest BCUT2D eigenvalue weighted by molar-refractivity contribution is -0.131. The number of rotatable bonds is 6. The molecule has 104 valence electrons. The summed E-state index contributed by atoms with van der Waals surface area (Å²) >= 11 is 6.05. The highest BCUT2D eigenvalue weighted by Crippen LogP contribution is 2.27. The topological polar surface area (TPSA) is 64.3 Å². The smallest absolute Gasteiger partial charge is 0.328 e. The molecular formula is C14H13ClN2O3. The van der Waals surface area contributed by atoms with Crippen molar-refractivity contribution in [1.29, 1.82) is 0 Å². The van der Waals surface area contributed by atoms with Gasteiger partial charge in [0.1, 0.15) is 12.4 Å². The van der Waals surface area contributed by atoms with Crippen molar-refractivity contribution in [2.45, 2.75) is 6.54 Å². The van der Waals surface area contributed by atoms with Gasteiger partial charge in [0, 0.05) is 24.0 Å². The molecular weight excluding hydrogens is 280 g/mol. The molecule has 2 rings (SSSR count). The predicted octanol–water partition coefficient (Wildman–Crippen LogP) is 2.71. The van der Waals surface area contributed by atoms with Crippen LogP contribution in [-0.2, 0) is 11.3 Å². The van der Waals surface area contributed by atoms with E-state index in [1.54, 1.807) is 30.7 Å². The van der Waals surface area contributed by atoms with Crippen LogP contribution in [0.25, 0.3) is 6.08 Å². The van der Waals surface area contributed by atoms with E-state index < -0.39 is 5.97 Å². The lowest BCUT2D eigenvalue weighted by Crippen LogP contribution is -2.07. The molecule has 1 heterocycles. The van der Waals surface area contributed by atoms with E-state index in [1.807, 2.05) is 10.8 Å². The summed E-state index contributed by atoms with van der Waals surface area (Å²) in [5.41, 5.74) is 0.558. The zero-order valence-electron chi connectivity index (χ0n) is 10.6. The molecule has 6 heteroatoms. The summed E-state index contributed by atoms with van der Waals surface area (Å²) in [7, 11) is 0. The Morgan fingerprint density at radius 2 is 2.35 bits per heavy atom. The summed E-state index contributed by atoms with van der Waals surface area (Å²) in [6, 6.07) is 5.19. The highest BCUT2D eigenvalue weighted by atomic mass is 35.5. The molecule has 0 aliphatic rings. The molecule has 0 amide bonds. The third kappa shape index (κ3) is 3.86. The average molecular weight is 293 g/mol. The summed E-state index contributed by atoms with van der Waals surface area (Å²) in [6.07, 6.45) is 7.70. The van der Waals surface area contributed by atoms with Crippen LogP contribution in [0.4, 0.5) is 0 Å². The summed E-state index contributed by atoms with van der Waals surface area (Å²) < 4.78 is 7.53. The highest BCUT2D eigenvalue weighted by molar-refractivity contribution is 6.32. The second kappa shape index (κ2) is 6.77. The van der Waals surface area contributed by atoms with Gasteiger partial charge in [0.25, 0.3) is 0 Å². The van der Waals surface area contributed by atoms with Crippen molar-refractivity contribution in [2.75, 3.05) is 6.61 Å². The third-order valence-electron chi connectivity index (χ3n) is 2.57. The summed E-state index contributed by atoms with van der Waals surface area (Å²) in [6.45, 7) is 1.08. The number of halogens is 1. The summed E-state index contributed by atoms with van der Waals surface area (Å²) in [5, 5.41) is 9.12. The molecule has 2 aromatic rings. The number of hydrogen-bond acceptors (Lipinski definition) is 3. The highest BCUT2D eigenvalue weighted by Gasteiger charge is 2.06. The second-order valence-electron chi connectivity index (χ2n) is 3.97. The van der Waals surface area contributed by atoms with E-state index in [1.165, 1.54) is 6.08 Å². The number of hydrogen-bond donors (Lipinski definition) is 1. The number of carboxylic acids is 1. The van der Waals surface area contributed by atoms with Gasteiger partial charge in [-0.05, 0) is 18.2 Å². The van der Waals surface area contributed by atoms with Gasteiger partial charge in [0.15, 0.2) is 0 Å². The molecule has 1 N–H and O–H groups in total. The SMILES string of the molecule is O=C(O)/C=C/c1c(Cl)cccc1OCCn1ccnc1. The van der Waals surface area contributed by atoms with E-state index in [9.17, 15) is 4.79 Å². The van der Waals surface area contributed by atoms with Crippen molar-refractivity contribution in [3.05, 3.63) is 53.6 Å². The fourth-order valence-corrected chi connectivity index (χ4v) is 1.87. The Hall–Kier alpha value is -2.27. The van der Waals surface area contributed by atoms with Crippen LogP contribution in [0.5, 0.6) is 5.75 Å². The molecule has 0 spiro atoms. The molecule has 0 fully saturated rings. The van der Waals surface area contributed by atoms with Crippen LogP contribution in [-0.4, -0.2) is 27.2 Å². The Balaban J connectivity index is 2.06. The molecule has 0 atom stereocenters. The predicted molar refractivity (Wildman–Crippen MR) is 75.8 cm³/mol. The zero-order valence-corrected chi connectivity index (χ0v) is 11.3. The monoisotopic (exact) mass is 292 g/mol. The van der Waals surface area contributed by atoms with Gasteiger partial charge in [-0.2, -0.15) is 0 Å². The molecule has 0 bridgehead atoms. The van der Waals surface area contributed by atoms with Crippen LogP contribution in [0.15, 0.2) is 43.0 Å². The largest absolute Gasteiger partial charge is 0.491 e. The van der Waals surface area contributed by atoms with Gasteiger partial charge < -0.3 is 14.4 Å². The standard InChI is InChI=1S/C14H13ClN2O3/c15-12-2-1-3-13(11(12)4-5-14(18)19)20-9-8-17-7-6-16-10-17/h1-7,10H,8-9H2,(H,18,19)/b5-4+. The molecule has 1 aromatic carbocycles. The first-order valence-electron chi connectivity index (χ1n) is 5.95. The van der Waals surface area contributed by atoms with Gasteiger partial charge in [-0.1, -0.05) is 17.7 Å². The van der Waals surface area contributed by atoms with Crippen LogP contribution in [0.1, 0.15) is 5.56 Å².